The molecule has 0 saturated carbocycles. The van der Waals surface area contributed by atoms with Crippen molar-refractivity contribution in [2.24, 2.45) is 5.92 Å². The number of hydrogen-bond donors (Lipinski definition) is 1. The molecule has 2 unspecified atom stereocenters. The Hall–Kier alpha value is -0.410. The van der Waals surface area contributed by atoms with Crippen molar-refractivity contribution in [1.82, 2.24) is 10.2 Å². The average molecular weight is 456 g/mol. The predicted octanol–water partition coefficient (Wildman–Crippen LogP) is 2.20. The molecule has 1 saturated heterocycles. The Bertz CT molecular complexity index is 410. The Morgan fingerprint density at radius 1 is 1.38 bits per heavy atom. The SMILES string of the molecule is COCCCNC1CCN(C(C(=O)OC(C)(C)C)C(C)C)C1=O.I. The molecule has 0 aromatic carbocycles. The van der Waals surface area contributed by atoms with Gasteiger partial charge >= 0.3 is 5.97 Å². The van der Waals surface area contributed by atoms with Crippen LogP contribution in [-0.4, -0.2) is 61.3 Å². The van der Waals surface area contributed by atoms with Crippen LogP contribution in [0.5, 0.6) is 0 Å². The molecular formula is C17H33IN2O4. The Morgan fingerprint density at radius 3 is 2.50 bits per heavy atom. The van der Waals surface area contributed by atoms with Crippen molar-refractivity contribution >= 4 is 35.9 Å². The highest BCUT2D eigenvalue weighted by Crippen LogP contribution is 2.22. The molecule has 0 spiro atoms. The first kappa shape index (κ1) is 23.6. The van der Waals surface area contributed by atoms with E-state index in [1.807, 2.05) is 34.6 Å². The number of ether oxygens (including phenoxy) is 2. The minimum absolute atomic E-state index is 0. The van der Waals surface area contributed by atoms with Gasteiger partial charge < -0.3 is 19.7 Å². The third kappa shape index (κ3) is 7.23. The molecule has 0 bridgehead atoms. The van der Waals surface area contributed by atoms with Gasteiger partial charge in [-0.3, -0.25) is 4.79 Å². The molecule has 1 N–H and O–H groups in total. The highest BCUT2D eigenvalue weighted by Gasteiger charge is 2.41. The fraction of sp³-hybridized carbons (Fsp3) is 0.882. The maximum absolute atomic E-state index is 12.6. The fourth-order valence-electron chi connectivity index (χ4n) is 2.78. The van der Waals surface area contributed by atoms with Gasteiger partial charge in [0.25, 0.3) is 0 Å². The number of nitrogens with zero attached hydrogens (tertiary/aromatic N) is 1. The molecule has 1 amide bonds. The lowest BCUT2D eigenvalue weighted by Crippen LogP contribution is -2.50. The van der Waals surface area contributed by atoms with Crippen molar-refractivity contribution in [3.8, 4) is 0 Å². The van der Waals surface area contributed by atoms with E-state index in [-0.39, 0.29) is 47.8 Å². The average Bonchev–Trinajstić information content (AvgIpc) is 2.74. The minimum atomic E-state index is -0.551. The van der Waals surface area contributed by atoms with Crippen molar-refractivity contribution in [2.75, 3.05) is 26.8 Å². The minimum Gasteiger partial charge on any atom is -0.458 e. The second kappa shape index (κ2) is 10.6. The number of nitrogens with one attached hydrogen (secondary N) is 1. The topological polar surface area (TPSA) is 67.9 Å². The van der Waals surface area contributed by atoms with Gasteiger partial charge in [0.05, 0.1) is 6.04 Å². The summed E-state index contributed by atoms with van der Waals surface area (Å²) in [4.78, 5) is 26.8. The van der Waals surface area contributed by atoms with Crippen LogP contribution in [0.2, 0.25) is 0 Å². The molecule has 0 aromatic heterocycles. The van der Waals surface area contributed by atoms with Crippen LogP contribution < -0.4 is 5.32 Å². The third-order valence-electron chi connectivity index (χ3n) is 3.77. The highest BCUT2D eigenvalue weighted by molar-refractivity contribution is 14.0. The lowest BCUT2D eigenvalue weighted by Gasteiger charge is -2.32. The highest BCUT2D eigenvalue weighted by atomic mass is 127. The second-order valence-electron chi connectivity index (χ2n) is 7.40. The third-order valence-corrected chi connectivity index (χ3v) is 3.77. The second-order valence-corrected chi connectivity index (χ2v) is 7.40. The number of amides is 1. The lowest BCUT2D eigenvalue weighted by atomic mass is 10.0. The van der Waals surface area contributed by atoms with E-state index in [9.17, 15) is 9.59 Å². The zero-order chi connectivity index (χ0) is 17.6. The Balaban J connectivity index is 0.00000529. The number of esters is 1. The zero-order valence-corrected chi connectivity index (χ0v) is 18.1. The maximum Gasteiger partial charge on any atom is 0.329 e. The van der Waals surface area contributed by atoms with Crippen LogP contribution in [-0.2, 0) is 19.1 Å². The van der Waals surface area contributed by atoms with Crippen molar-refractivity contribution in [3.05, 3.63) is 0 Å². The summed E-state index contributed by atoms with van der Waals surface area (Å²) in [7, 11) is 1.66. The number of methoxy groups -OCH3 is 1. The van der Waals surface area contributed by atoms with Gasteiger partial charge in [-0.25, -0.2) is 4.79 Å². The number of carbonyl (C=O) groups excluding carboxylic acids is 2. The van der Waals surface area contributed by atoms with Gasteiger partial charge in [-0.1, -0.05) is 13.8 Å². The van der Waals surface area contributed by atoms with Crippen LogP contribution in [0.3, 0.4) is 0 Å². The monoisotopic (exact) mass is 456 g/mol. The van der Waals surface area contributed by atoms with Crippen LogP contribution in [0.1, 0.15) is 47.5 Å². The molecule has 142 valence electrons. The summed E-state index contributed by atoms with van der Waals surface area (Å²) in [6.07, 6.45) is 1.58. The first-order chi connectivity index (χ1) is 10.7. The van der Waals surface area contributed by atoms with Gasteiger partial charge in [0.2, 0.25) is 5.91 Å². The molecule has 2 atom stereocenters. The van der Waals surface area contributed by atoms with Crippen molar-refractivity contribution < 1.29 is 19.1 Å². The summed E-state index contributed by atoms with van der Waals surface area (Å²) in [5.74, 6) is -0.311. The maximum atomic E-state index is 12.6. The van der Waals surface area contributed by atoms with Crippen LogP contribution in [0.15, 0.2) is 0 Å². The zero-order valence-electron chi connectivity index (χ0n) is 15.8. The molecular weight excluding hydrogens is 423 g/mol. The normalized spacial score (nSPS) is 19.4. The van der Waals surface area contributed by atoms with E-state index in [0.717, 1.165) is 19.4 Å². The molecule has 6 nitrogen and oxygen atoms in total. The van der Waals surface area contributed by atoms with Crippen LogP contribution in [0.4, 0.5) is 0 Å². The number of hydrogen-bond acceptors (Lipinski definition) is 5. The quantitative estimate of drug-likeness (QED) is 0.345. The lowest BCUT2D eigenvalue weighted by molar-refractivity contribution is -0.165. The number of rotatable bonds is 8. The molecule has 1 aliphatic heterocycles. The number of carbonyl (C=O) groups is 2. The van der Waals surface area contributed by atoms with E-state index in [1.165, 1.54) is 0 Å². The molecule has 1 rings (SSSR count). The summed E-state index contributed by atoms with van der Waals surface area (Å²) in [5.41, 5.74) is -0.551. The summed E-state index contributed by atoms with van der Waals surface area (Å²) < 4.78 is 10.5. The van der Waals surface area contributed by atoms with E-state index < -0.39 is 11.6 Å². The molecule has 0 aliphatic carbocycles. The number of likely N-dealkylation sites (tertiary alicyclic amines) is 1. The summed E-state index contributed by atoms with van der Waals surface area (Å²) >= 11 is 0. The van der Waals surface area contributed by atoms with Gasteiger partial charge in [-0.15, -0.1) is 24.0 Å². The van der Waals surface area contributed by atoms with Crippen LogP contribution >= 0.6 is 24.0 Å². The van der Waals surface area contributed by atoms with Gasteiger partial charge in [0.1, 0.15) is 11.6 Å². The van der Waals surface area contributed by atoms with E-state index in [2.05, 4.69) is 5.32 Å². The van der Waals surface area contributed by atoms with Crippen LogP contribution in [0, 0.1) is 5.92 Å². The smallest absolute Gasteiger partial charge is 0.329 e. The summed E-state index contributed by atoms with van der Waals surface area (Å²) in [5, 5.41) is 3.25. The summed E-state index contributed by atoms with van der Waals surface area (Å²) in [6.45, 7) is 11.4. The van der Waals surface area contributed by atoms with Gasteiger partial charge in [0, 0.05) is 20.3 Å². The predicted molar refractivity (Wildman–Crippen MR) is 104 cm³/mol. The van der Waals surface area contributed by atoms with Gasteiger partial charge in [0.15, 0.2) is 0 Å². The number of halogens is 1. The largest absolute Gasteiger partial charge is 0.458 e. The van der Waals surface area contributed by atoms with Crippen molar-refractivity contribution in [1.29, 1.82) is 0 Å². The van der Waals surface area contributed by atoms with E-state index >= 15 is 0 Å². The van der Waals surface area contributed by atoms with Crippen molar-refractivity contribution in [3.63, 3.8) is 0 Å². The molecule has 0 radical (unpaired) electrons. The van der Waals surface area contributed by atoms with Gasteiger partial charge in [-0.2, -0.15) is 0 Å². The van der Waals surface area contributed by atoms with E-state index in [1.54, 1.807) is 12.0 Å². The first-order valence-corrected chi connectivity index (χ1v) is 8.43. The Morgan fingerprint density at radius 2 is 2.00 bits per heavy atom. The van der Waals surface area contributed by atoms with Crippen molar-refractivity contribution in [2.45, 2.75) is 65.1 Å². The molecule has 0 aromatic rings. The van der Waals surface area contributed by atoms with E-state index in [0.29, 0.717) is 13.2 Å². The fourth-order valence-corrected chi connectivity index (χ4v) is 2.78. The Labute approximate surface area is 163 Å². The molecule has 24 heavy (non-hydrogen) atoms. The molecule has 7 heteroatoms. The van der Waals surface area contributed by atoms with Gasteiger partial charge in [-0.05, 0) is 46.1 Å². The molecule has 1 heterocycles. The Kier molecular flexibility index (Phi) is 10.4. The molecule has 1 aliphatic rings. The molecule has 1 fully saturated rings. The van der Waals surface area contributed by atoms with E-state index in [4.69, 9.17) is 9.47 Å². The standard InChI is InChI=1S/C17H32N2O4.HI/c1-12(2)14(16(21)23-17(3,4)5)19-10-8-13(15(19)20)18-9-7-11-22-6;/h12-14,18H,7-11H2,1-6H3;1H. The summed E-state index contributed by atoms with van der Waals surface area (Å²) in [6, 6.07) is -0.733. The van der Waals surface area contributed by atoms with Crippen LogP contribution in [0.25, 0.3) is 0 Å². The first-order valence-electron chi connectivity index (χ1n) is 8.43.